The zero-order valence-corrected chi connectivity index (χ0v) is 14.6. The van der Waals surface area contributed by atoms with E-state index in [4.69, 9.17) is 9.15 Å². The van der Waals surface area contributed by atoms with Gasteiger partial charge in [0.1, 0.15) is 17.3 Å². The predicted molar refractivity (Wildman–Crippen MR) is 96.5 cm³/mol. The van der Waals surface area contributed by atoms with Gasteiger partial charge in [0, 0.05) is 12.6 Å². The normalized spacial score (nSPS) is 18.0. The third kappa shape index (κ3) is 3.38. The Balaban J connectivity index is 1.89. The van der Waals surface area contributed by atoms with Crippen molar-refractivity contribution in [3.05, 3.63) is 52.8 Å². The molecule has 0 aliphatic carbocycles. The molecular weight excluding hydrogens is 324 g/mol. The first-order valence-electron chi connectivity index (χ1n) is 7.61. The van der Waals surface area contributed by atoms with Crippen molar-refractivity contribution >= 4 is 34.6 Å². The number of furan rings is 1. The van der Waals surface area contributed by atoms with Crippen LogP contribution < -0.4 is 4.74 Å². The molecule has 24 heavy (non-hydrogen) atoms. The molecule has 124 valence electrons. The number of amides is 1. The Morgan fingerprint density at radius 2 is 2.00 bits per heavy atom. The second-order valence-corrected chi connectivity index (χ2v) is 6.21. The fourth-order valence-corrected chi connectivity index (χ4v) is 3.34. The summed E-state index contributed by atoms with van der Waals surface area (Å²) in [5.74, 6) is 2.21. The van der Waals surface area contributed by atoms with Crippen LogP contribution in [-0.2, 0) is 4.79 Å². The van der Waals surface area contributed by atoms with Crippen molar-refractivity contribution in [2.24, 2.45) is 4.99 Å². The van der Waals surface area contributed by atoms with E-state index in [-0.39, 0.29) is 5.91 Å². The fraction of sp³-hybridized carbons (Fsp3) is 0.222. The van der Waals surface area contributed by atoms with Crippen LogP contribution in [0.5, 0.6) is 5.75 Å². The summed E-state index contributed by atoms with van der Waals surface area (Å²) in [6.45, 7) is 4.37. The highest BCUT2D eigenvalue weighted by atomic mass is 32.2. The first kappa shape index (κ1) is 16.4. The van der Waals surface area contributed by atoms with Crippen molar-refractivity contribution in [2.75, 3.05) is 13.7 Å². The lowest BCUT2D eigenvalue weighted by Crippen LogP contribution is -2.28. The van der Waals surface area contributed by atoms with Gasteiger partial charge in [0.05, 0.1) is 17.7 Å². The molecule has 0 bridgehead atoms. The number of aryl methyl sites for hydroxylation is 1. The fourth-order valence-electron chi connectivity index (χ4n) is 2.30. The van der Waals surface area contributed by atoms with Gasteiger partial charge in [-0.25, -0.2) is 4.99 Å². The maximum absolute atomic E-state index is 12.5. The Kier molecular flexibility index (Phi) is 4.76. The number of carbonyl (C=O) groups is 1. The van der Waals surface area contributed by atoms with Gasteiger partial charge >= 0.3 is 0 Å². The molecule has 5 nitrogen and oxygen atoms in total. The zero-order valence-electron chi connectivity index (χ0n) is 13.8. The van der Waals surface area contributed by atoms with Gasteiger partial charge in [-0.1, -0.05) is 0 Å². The average molecular weight is 342 g/mol. The van der Waals surface area contributed by atoms with Gasteiger partial charge in [-0.2, -0.15) is 0 Å². The number of likely N-dealkylation sites (N-methyl/N-ethyl adjacent to an activating group) is 1. The average Bonchev–Trinajstić information content (AvgIpc) is 3.12. The van der Waals surface area contributed by atoms with E-state index in [1.54, 1.807) is 18.1 Å². The van der Waals surface area contributed by atoms with Crippen molar-refractivity contribution in [1.82, 2.24) is 4.90 Å². The largest absolute Gasteiger partial charge is 0.497 e. The van der Waals surface area contributed by atoms with E-state index in [2.05, 4.69) is 4.99 Å². The molecular formula is C18H18N2O3S. The summed E-state index contributed by atoms with van der Waals surface area (Å²) in [4.78, 5) is 19.4. The van der Waals surface area contributed by atoms with Crippen LogP contribution in [0.2, 0.25) is 0 Å². The standard InChI is InChI=1S/C18H18N2O3S/c1-4-20-17(21)16(11-15-8-5-12(2)23-15)24-18(20)19-13-6-9-14(22-3)10-7-13/h5-11H,4H2,1-3H3. The number of hydrogen-bond donors (Lipinski definition) is 0. The monoisotopic (exact) mass is 342 g/mol. The topological polar surface area (TPSA) is 55.0 Å². The number of nitrogens with zero attached hydrogens (tertiary/aromatic N) is 2. The van der Waals surface area contributed by atoms with E-state index in [0.717, 1.165) is 17.2 Å². The first-order chi connectivity index (χ1) is 11.6. The summed E-state index contributed by atoms with van der Waals surface area (Å²) in [6, 6.07) is 11.1. The summed E-state index contributed by atoms with van der Waals surface area (Å²) < 4.78 is 10.7. The number of rotatable bonds is 4. The second-order valence-electron chi connectivity index (χ2n) is 5.20. The molecule has 1 aromatic heterocycles. The Morgan fingerprint density at radius 3 is 2.58 bits per heavy atom. The van der Waals surface area contributed by atoms with Gasteiger partial charge in [0.25, 0.3) is 5.91 Å². The van der Waals surface area contributed by atoms with Crippen molar-refractivity contribution in [1.29, 1.82) is 0 Å². The Hall–Kier alpha value is -2.47. The number of benzene rings is 1. The molecule has 1 aromatic carbocycles. The summed E-state index contributed by atoms with van der Waals surface area (Å²) in [5, 5.41) is 0.669. The summed E-state index contributed by atoms with van der Waals surface area (Å²) >= 11 is 1.36. The molecule has 0 N–H and O–H groups in total. The minimum atomic E-state index is -0.0520. The van der Waals surface area contributed by atoms with Crippen LogP contribution in [0.4, 0.5) is 5.69 Å². The minimum Gasteiger partial charge on any atom is -0.497 e. The maximum Gasteiger partial charge on any atom is 0.266 e. The predicted octanol–water partition coefficient (Wildman–Crippen LogP) is 4.22. The summed E-state index contributed by atoms with van der Waals surface area (Å²) in [6.07, 6.45) is 1.76. The third-order valence-electron chi connectivity index (χ3n) is 3.54. The van der Waals surface area contributed by atoms with E-state index in [9.17, 15) is 4.79 Å². The van der Waals surface area contributed by atoms with E-state index in [1.807, 2.05) is 50.2 Å². The smallest absolute Gasteiger partial charge is 0.266 e. The molecule has 2 heterocycles. The molecule has 2 aromatic rings. The van der Waals surface area contributed by atoms with E-state index >= 15 is 0 Å². The van der Waals surface area contributed by atoms with Crippen molar-refractivity contribution in [2.45, 2.75) is 13.8 Å². The Labute approximate surface area is 145 Å². The SMILES string of the molecule is CCN1C(=O)C(=Cc2ccc(C)o2)SC1=Nc1ccc(OC)cc1. The number of thioether (sulfide) groups is 1. The van der Waals surface area contributed by atoms with Crippen LogP contribution in [0.3, 0.4) is 0 Å². The van der Waals surface area contributed by atoms with Gasteiger partial charge in [-0.3, -0.25) is 9.69 Å². The van der Waals surface area contributed by atoms with Crippen LogP contribution in [-0.4, -0.2) is 29.6 Å². The number of carbonyl (C=O) groups excluding carboxylic acids is 1. The molecule has 1 aliphatic heterocycles. The molecule has 0 atom stereocenters. The van der Waals surface area contributed by atoms with Crippen LogP contribution in [0.1, 0.15) is 18.4 Å². The maximum atomic E-state index is 12.5. The molecule has 0 saturated carbocycles. The molecule has 1 saturated heterocycles. The molecule has 0 radical (unpaired) electrons. The van der Waals surface area contributed by atoms with Crippen molar-refractivity contribution in [3.8, 4) is 5.75 Å². The number of methoxy groups -OCH3 is 1. The van der Waals surface area contributed by atoms with E-state index < -0.39 is 0 Å². The molecule has 3 rings (SSSR count). The number of ether oxygens (including phenoxy) is 1. The quantitative estimate of drug-likeness (QED) is 0.781. The number of amidine groups is 1. The summed E-state index contributed by atoms with van der Waals surface area (Å²) in [5.41, 5.74) is 0.777. The molecule has 0 spiro atoms. The molecule has 0 unspecified atom stereocenters. The van der Waals surface area contributed by atoms with Gasteiger partial charge in [0.2, 0.25) is 0 Å². The number of aliphatic imine (C=N–C) groups is 1. The van der Waals surface area contributed by atoms with Gasteiger partial charge in [0.15, 0.2) is 5.17 Å². The van der Waals surface area contributed by atoms with Gasteiger partial charge < -0.3 is 9.15 Å². The molecule has 1 fully saturated rings. The van der Waals surface area contributed by atoms with Crippen molar-refractivity contribution in [3.63, 3.8) is 0 Å². The lowest BCUT2D eigenvalue weighted by Gasteiger charge is -2.12. The lowest BCUT2D eigenvalue weighted by molar-refractivity contribution is -0.122. The zero-order chi connectivity index (χ0) is 17.1. The Morgan fingerprint density at radius 1 is 1.25 bits per heavy atom. The lowest BCUT2D eigenvalue weighted by atomic mass is 10.3. The summed E-state index contributed by atoms with van der Waals surface area (Å²) in [7, 11) is 1.62. The van der Waals surface area contributed by atoms with E-state index in [0.29, 0.717) is 22.4 Å². The second kappa shape index (κ2) is 6.97. The molecule has 1 amide bonds. The van der Waals surface area contributed by atoms with Gasteiger partial charge in [-0.15, -0.1) is 0 Å². The molecule has 1 aliphatic rings. The highest BCUT2D eigenvalue weighted by molar-refractivity contribution is 8.18. The van der Waals surface area contributed by atoms with Crippen LogP contribution in [0, 0.1) is 6.92 Å². The molecule has 6 heteroatoms. The van der Waals surface area contributed by atoms with Crippen LogP contribution in [0.25, 0.3) is 6.08 Å². The third-order valence-corrected chi connectivity index (χ3v) is 4.54. The minimum absolute atomic E-state index is 0.0520. The van der Waals surface area contributed by atoms with Crippen LogP contribution in [0.15, 0.2) is 50.7 Å². The highest BCUT2D eigenvalue weighted by Gasteiger charge is 2.32. The highest BCUT2D eigenvalue weighted by Crippen LogP contribution is 2.34. The first-order valence-corrected chi connectivity index (χ1v) is 8.43. The van der Waals surface area contributed by atoms with Gasteiger partial charge in [-0.05, 0) is 62.0 Å². The number of hydrogen-bond acceptors (Lipinski definition) is 5. The van der Waals surface area contributed by atoms with Crippen molar-refractivity contribution < 1.29 is 13.9 Å². The van der Waals surface area contributed by atoms with Crippen LogP contribution >= 0.6 is 11.8 Å². The Bertz CT molecular complexity index is 806. The van der Waals surface area contributed by atoms with E-state index in [1.165, 1.54) is 11.8 Å².